The summed E-state index contributed by atoms with van der Waals surface area (Å²) in [7, 11) is 0. The van der Waals surface area contributed by atoms with Crippen molar-refractivity contribution in [3.8, 4) is 0 Å². The molecule has 3 heteroatoms. The van der Waals surface area contributed by atoms with Crippen LogP contribution in [0.25, 0.3) is 0 Å². The van der Waals surface area contributed by atoms with Crippen molar-refractivity contribution in [2.45, 2.75) is 53.1 Å². The monoisotopic (exact) mass is 207 g/mol. The molecule has 1 aromatic rings. The summed E-state index contributed by atoms with van der Waals surface area (Å²) in [5.41, 5.74) is 2.13. The Kier molecular flexibility index (Phi) is 4.21. The van der Waals surface area contributed by atoms with E-state index in [0.29, 0.717) is 12.0 Å². The first-order valence-electron chi connectivity index (χ1n) is 5.57. The molecule has 0 radical (unpaired) electrons. The van der Waals surface area contributed by atoms with Gasteiger partial charge in [-0.25, -0.2) is 9.97 Å². The van der Waals surface area contributed by atoms with Crippen LogP contribution in [0.15, 0.2) is 6.07 Å². The maximum atomic E-state index is 4.53. The third-order valence-electron chi connectivity index (χ3n) is 2.13. The topological polar surface area (TPSA) is 37.8 Å². The summed E-state index contributed by atoms with van der Waals surface area (Å²) in [4.78, 5) is 8.95. The number of nitrogens with zero attached hydrogens (tertiary/aromatic N) is 2. The molecule has 0 bridgehead atoms. The van der Waals surface area contributed by atoms with E-state index in [2.05, 4.69) is 43.0 Å². The van der Waals surface area contributed by atoms with Gasteiger partial charge >= 0.3 is 0 Å². The lowest BCUT2D eigenvalue weighted by atomic mass is 10.2. The Bertz CT molecular complexity index is 319. The highest BCUT2D eigenvalue weighted by molar-refractivity contribution is 5.11. The van der Waals surface area contributed by atoms with Crippen LogP contribution in [0.2, 0.25) is 0 Å². The van der Waals surface area contributed by atoms with Gasteiger partial charge in [0.25, 0.3) is 0 Å². The van der Waals surface area contributed by atoms with Gasteiger partial charge in [0, 0.05) is 24.2 Å². The summed E-state index contributed by atoms with van der Waals surface area (Å²) >= 11 is 0. The van der Waals surface area contributed by atoms with Crippen molar-refractivity contribution >= 4 is 0 Å². The first kappa shape index (κ1) is 12.1. The lowest BCUT2D eigenvalue weighted by Crippen LogP contribution is -2.23. The average Bonchev–Trinajstić information content (AvgIpc) is 2.13. The molecular formula is C12H21N3. The predicted octanol–water partition coefficient (Wildman–Crippen LogP) is 2.41. The molecule has 84 valence electrons. The molecule has 0 amide bonds. The predicted molar refractivity (Wildman–Crippen MR) is 62.8 cm³/mol. The van der Waals surface area contributed by atoms with Gasteiger partial charge in [-0.15, -0.1) is 0 Å². The molecule has 1 aromatic heterocycles. The minimum atomic E-state index is 0.391. The number of nitrogens with one attached hydrogen (secondary N) is 1. The first-order chi connectivity index (χ1) is 6.99. The molecule has 0 aliphatic heterocycles. The minimum absolute atomic E-state index is 0.391. The molecule has 1 heterocycles. The third-order valence-corrected chi connectivity index (χ3v) is 2.13. The second-order valence-electron chi connectivity index (χ2n) is 4.55. The summed E-state index contributed by atoms with van der Waals surface area (Å²) in [6.07, 6.45) is 0. The number of hydrogen-bond donors (Lipinski definition) is 1. The van der Waals surface area contributed by atoms with Gasteiger partial charge in [-0.1, -0.05) is 27.7 Å². The second kappa shape index (κ2) is 5.21. The van der Waals surface area contributed by atoms with E-state index < -0.39 is 0 Å². The maximum absolute atomic E-state index is 4.53. The Hall–Kier alpha value is -0.960. The van der Waals surface area contributed by atoms with Gasteiger partial charge in [-0.05, 0) is 13.0 Å². The van der Waals surface area contributed by atoms with Crippen LogP contribution in [-0.2, 0) is 6.54 Å². The van der Waals surface area contributed by atoms with Crippen LogP contribution >= 0.6 is 0 Å². The van der Waals surface area contributed by atoms with E-state index in [1.54, 1.807) is 0 Å². The summed E-state index contributed by atoms with van der Waals surface area (Å²) < 4.78 is 0. The average molecular weight is 207 g/mol. The third kappa shape index (κ3) is 3.96. The highest BCUT2D eigenvalue weighted by Crippen LogP contribution is 2.10. The summed E-state index contributed by atoms with van der Waals surface area (Å²) in [6.45, 7) is 11.4. The zero-order valence-corrected chi connectivity index (χ0v) is 10.3. The van der Waals surface area contributed by atoms with Crippen molar-refractivity contribution in [2.24, 2.45) is 0 Å². The number of hydrogen-bond acceptors (Lipinski definition) is 3. The molecule has 3 nitrogen and oxygen atoms in total. The number of aryl methyl sites for hydroxylation is 1. The van der Waals surface area contributed by atoms with E-state index in [0.717, 1.165) is 23.8 Å². The summed E-state index contributed by atoms with van der Waals surface area (Å²) in [6, 6.07) is 2.53. The van der Waals surface area contributed by atoms with Gasteiger partial charge in [-0.2, -0.15) is 0 Å². The lowest BCUT2D eigenvalue weighted by molar-refractivity contribution is 0.576. The van der Waals surface area contributed by atoms with E-state index in [4.69, 9.17) is 0 Å². The molecule has 15 heavy (non-hydrogen) atoms. The van der Waals surface area contributed by atoms with Crippen LogP contribution < -0.4 is 5.32 Å². The van der Waals surface area contributed by atoms with Crippen LogP contribution in [0, 0.1) is 6.92 Å². The number of rotatable bonds is 4. The Morgan fingerprint density at radius 3 is 2.40 bits per heavy atom. The second-order valence-corrected chi connectivity index (χ2v) is 4.55. The fourth-order valence-electron chi connectivity index (χ4n) is 1.32. The Morgan fingerprint density at radius 1 is 1.20 bits per heavy atom. The largest absolute Gasteiger partial charge is 0.309 e. The van der Waals surface area contributed by atoms with Crippen molar-refractivity contribution in [3.63, 3.8) is 0 Å². The van der Waals surface area contributed by atoms with Crippen LogP contribution in [0.1, 0.15) is 50.8 Å². The Balaban J connectivity index is 2.79. The SMILES string of the molecule is Cc1cc(CNC(C)C)nc(C(C)C)n1. The fraction of sp³-hybridized carbons (Fsp3) is 0.667. The Labute approximate surface area is 92.3 Å². The van der Waals surface area contributed by atoms with Crippen LogP contribution in [0.3, 0.4) is 0 Å². The molecule has 0 atom stereocenters. The van der Waals surface area contributed by atoms with Gasteiger partial charge in [0.15, 0.2) is 0 Å². The normalized spacial score (nSPS) is 11.4. The molecule has 0 unspecified atom stereocenters. The van der Waals surface area contributed by atoms with E-state index >= 15 is 0 Å². The van der Waals surface area contributed by atoms with Crippen molar-refractivity contribution in [2.75, 3.05) is 0 Å². The van der Waals surface area contributed by atoms with Gasteiger partial charge < -0.3 is 5.32 Å². The van der Waals surface area contributed by atoms with Crippen molar-refractivity contribution in [1.29, 1.82) is 0 Å². The maximum Gasteiger partial charge on any atom is 0.131 e. The van der Waals surface area contributed by atoms with Gasteiger partial charge in [-0.3, -0.25) is 0 Å². The molecule has 0 fully saturated rings. The molecule has 1 rings (SSSR count). The first-order valence-corrected chi connectivity index (χ1v) is 5.57. The number of aromatic nitrogens is 2. The van der Waals surface area contributed by atoms with Crippen LogP contribution in [0.5, 0.6) is 0 Å². The van der Waals surface area contributed by atoms with E-state index in [1.807, 2.05) is 13.0 Å². The lowest BCUT2D eigenvalue weighted by Gasteiger charge is -2.10. The van der Waals surface area contributed by atoms with E-state index in [9.17, 15) is 0 Å². The smallest absolute Gasteiger partial charge is 0.131 e. The van der Waals surface area contributed by atoms with Gasteiger partial charge in [0.05, 0.1) is 5.69 Å². The summed E-state index contributed by atoms with van der Waals surface area (Å²) in [5.74, 6) is 1.33. The van der Waals surface area contributed by atoms with Crippen molar-refractivity contribution in [3.05, 3.63) is 23.3 Å². The standard InChI is InChI=1S/C12H21N3/c1-8(2)12-14-10(5)6-11(15-12)7-13-9(3)4/h6,8-9,13H,7H2,1-5H3. The Morgan fingerprint density at radius 2 is 1.87 bits per heavy atom. The molecule has 0 saturated heterocycles. The quantitative estimate of drug-likeness (QED) is 0.824. The molecule has 0 aliphatic carbocycles. The summed E-state index contributed by atoms with van der Waals surface area (Å²) in [5, 5.41) is 3.36. The molecular weight excluding hydrogens is 186 g/mol. The van der Waals surface area contributed by atoms with Crippen LogP contribution in [0.4, 0.5) is 0 Å². The highest BCUT2D eigenvalue weighted by atomic mass is 15.0. The van der Waals surface area contributed by atoms with Gasteiger partial charge in [0.2, 0.25) is 0 Å². The van der Waals surface area contributed by atoms with Crippen molar-refractivity contribution in [1.82, 2.24) is 15.3 Å². The molecule has 0 aromatic carbocycles. The molecule has 0 aliphatic rings. The zero-order chi connectivity index (χ0) is 11.4. The minimum Gasteiger partial charge on any atom is -0.309 e. The van der Waals surface area contributed by atoms with Gasteiger partial charge in [0.1, 0.15) is 5.82 Å². The highest BCUT2D eigenvalue weighted by Gasteiger charge is 2.06. The molecule has 0 saturated carbocycles. The van der Waals surface area contributed by atoms with E-state index in [-0.39, 0.29) is 0 Å². The fourth-order valence-corrected chi connectivity index (χ4v) is 1.32. The van der Waals surface area contributed by atoms with Crippen LogP contribution in [-0.4, -0.2) is 16.0 Å². The zero-order valence-electron chi connectivity index (χ0n) is 10.3. The molecule has 0 spiro atoms. The van der Waals surface area contributed by atoms with Crippen molar-refractivity contribution < 1.29 is 0 Å². The molecule has 1 N–H and O–H groups in total. The van der Waals surface area contributed by atoms with E-state index in [1.165, 1.54) is 0 Å².